The molecular weight excluding hydrogens is 341 g/mol. The second-order valence-electron chi connectivity index (χ2n) is 6.13. The van der Waals surface area contributed by atoms with E-state index in [0.717, 1.165) is 17.1 Å². The van der Waals surface area contributed by atoms with Crippen molar-refractivity contribution in [2.24, 2.45) is 0 Å². The Balaban J connectivity index is 1.73. The fourth-order valence-electron chi connectivity index (χ4n) is 2.65. The molecular formula is C18H20FN3O4. The van der Waals surface area contributed by atoms with Crippen LogP contribution in [-0.4, -0.2) is 40.4 Å². The van der Waals surface area contributed by atoms with E-state index in [1.165, 1.54) is 17.0 Å². The molecule has 138 valence electrons. The summed E-state index contributed by atoms with van der Waals surface area (Å²) in [6, 6.07) is 4.22. The first-order valence-electron chi connectivity index (χ1n) is 8.21. The number of rotatable bonds is 5. The van der Waals surface area contributed by atoms with Gasteiger partial charge in [0.1, 0.15) is 12.7 Å². The molecule has 0 bridgehead atoms. The second-order valence-corrected chi connectivity index (χ2v) is 6.13. The Morgan fingerprint density at radius 2 is 2.00 bits per heavy atom. The van der Waals surface area contributed by atoms with E-state index in [1.807, 2.05) is 20.8 Å². The number of amides is 1. The second kappa shape index (κ2) is 7.25. The standard InChI is InChI=1S/C18H20FN3O4/c1-10-11(2)21-16(12(3)20-10)9-25-17-5-4-13(6-15(17)19)22-7-14(8-23)26-18(22)24/h4-6,14,23H,7-9H2,1-3H3/t14-/m1/s1. The smallest absolute Gasteiger partial charge is 0.414 e. The Kier molecular flexibility index (Phi) is 5.03. The van der Waals surface area contributed by atoms with Gasteiger partial charge >= 0.3 is 6.09 Å². The lowest BCUT2D eigenvalue weighted by atomic mass is 10.2. The third kappa shape index (κ3) is 3.60. The third-order valence-electron chi connectivity index (χ3n) is 4.25. The summed E-state index contributed by atoms with van der Waals surface area (Å²) in [7, 11) is 0. The normalized spacial score (nSPS) is 16.7. The molecule has 3 rings (SSSR count). The molecule has 1 fully saturated rings. The SMILES string of the molecule is Cc1nc(C)c(COc2ccc(N3C[C@H](CO)OC3=O)cc2F)nc1C. The first-order chi connectivity index (χ1) is 12.4. The first kappa shape index (κ1) is 18.1. The van der Waals surface area contributed by atoms with Crippen LogP contribution >= 0.6 is 0 Å². The van der Waals surface area contributed by atoms with Crippen molar-refractivity contribution in [3.8, 4) is 5.75 Å². The number of benzene rings is 1. The molecule has 0 radical (unpaired) electrons. The predicted octanol–water partition coefficient (Wildman–Crippen LogP) is 2.44. The first-order valence-corrected chi connectivity index (χ1v) is 8.21. The molecule has 8 heteroatoms. The highest BCUT2D eigenvalue weighted by Gasteiger charge is 2.32. The topological polar surface area (TPSA) is 84.8 Å². The van der Waals surface area contributed by atoms with Crippen molar-refractivity contribution in [2.45, 2.75) is 33.5 Å². The summed E-state index contributed by atoms with van der Waals surface area (Å²) in [6.45, 7) is 5.55. The number of hydrogen-bond acceptors (Lipinski definition) is 6. The minimum Gasteiger partial charge on any atom is -0.484 e. The highest BCUT2D eigenvalue weighted by molar-refractivity contribution is 5.89. The number of carbonyl (C=O) groups is 1. The number of ether oxygens (including phenoxy) is 2. The van der Waals surface area contributed by atoms with Gasteiger partial charge in [-0.3, -0.25) is 14.9 Å². The number of cyclic esters (lactones) is 1. The number of aryl methyl sites for hydroxylation is 3. The lowest BCUT2D eigenvalue weighted by molar-refractivity contribution is 0.0963. The van der Waals surface area contributed by atoms with Crippen molar-refractivity contribution in [1.82, 2.24) is 9.97 Å². The third-order valence-corrected chi connectivity index (χ3v) is 4.25. The number of carbonyl (C=O) groups excluding carboxylic acids is 1. The predicted molar refractivity (Wildman–Crippen MR) is 91.7 cm³/mol. The van der Waals surface area contributed by atoms with Crippen LogP contribution in [0.2, 0.25) is 0 Å². The molecule has 1 N–H and O–H groups in total. The summed E-state index contributed by atoms with van der Waals surface area (Å²) in [4.78, 5) is 21.8. The van der Waals surface area contributed by atoms with E-state index in [0.29, 0.717) is 11.4 Å². The van der Waals surface area contributed by atoms with Crippen LogP contribution in [0.1, 0.15) is 22.8 Å². The quantitative estimate of drug-likeness (QED) is 0.880. The van der Waals surface area contributed by atoms with Crippen LogP contribution in [0.3, 0.4) is 0 Å². The van der Waals surface area contributed by atoms with E-state index in [1.54, 1.807) is 6.07 Å². The number of aliphatic hydroxyl groups is 1. The summed E-state index contributed by atoms with van der Waals surface area (Å²) in [5.41, 5.74) is 3.37. The highest BCUT2D eigenvalue weighted by atomic mass is 19.1. The summed E-state index contributed by atoms with van der Waals surface area (Å²) in [5.74, 6) is -0.545. The summed E-state index contributed by atoms with van der Waals surface area (Å²) in [6.07, 6.45) is -1.22. The molecule has 2 aromatic rings. The molecule has 1 saturated heterocycles. The monoisotopic (exact) mass is 361 g/mol. The molecule has 2 heterocycles. The number of aromatic nitrogens is 2. The van der Waals surface area contributed by atoms with Gasteiger partial charge in [-0.2, -0.15) is 0 Å². The zero-order valence-corrected chi connectivity index (χ0v) is 14.8. The Morgan fingerprint density at radius 1 is 1.27 bits per heavy atom. The van der Waals surface area contributed by atoms with Crippen molar-refractivity contribution in [1.29, 1.82) is 0 Å². The van der Waals surface area contributed by atoms with Crippen molar-refractivity contribution in [2.75, 3.05) is 18.1 Å². The van der Waals surface area contributed by atoms with Crippen molar-refractivity contribution in [3.63, 3.8) is 0 Å². The van der Waals surface area contributed by atoms with Crippen LogP contribution in [0, 0.1) is 26.6 Å². The number of halogens is 1. The lowest BCUT2D eigenvalue weighted by Crippen LogP contribution is -2.25. The molecule has 1 aromatic heterocycles. The van der Waals surface area contributed by atoms with Crippen LogP contribution in [0.4, 0.5) is 14.9 Å². The molecule has 0 saturated carbocycles. The van der Waals surface area contributed by atoms with E-state index >= 15 is 0 Å². The van der Waals surface area contributed by atoms with Gasteiger partial charge in [0.2, 0.25) is 0 Å². The average Bonchev–Trinajstić information content (AvgIpc) is 2.99. The van der Waals surface area contributed by atoms with Crippen LogP contribution in [-0.2, 0) is 11.3 Å². The molecule has 7 nitrogen and oxygen atoms in total. The number of aliphatic hydroxyl groups excluding tert-OH is 1. The zero-order valence-electron chi connectivity index (χ0n) is 14.8. The molecule has 1 amide bonds. The van der Waals surface area contributed by atoms with Crippen LogP contribution in [0.5, 0.6) is 5.75 Å². The van der Waals surface area contributed by atoms with Gasteiger partial charge in [0.15, 0.2) is 11.6 Å². The number of hydrogen-bond donors (Lipinski definition) is 1. The average molecular weight is 361 g/mol. The molecule has 0 spiro atoms. The fourth-order valence-corrected chi connectivity index (χ4v) is 2.65. The van der Waals surface area contributed by atoms with Crippen molar-refractivity contribution >= 4 is 11.8 Å². The minimum absolute atomic E-state index is 0.0550. The van der Waals surface area contributed by atoms with Crippen LogP contribution < -0.4 is 9.64 Å². The zero-order chi connectivity index (χ0) is 18.8. The Hall–Kier alpha value is -2.74. The van der Waals surface area contributed by atoms with Gasteiger partial charge in [-0.25, -0.2) is 9.18 Å². The highest BCUT2D eigenvalue weighted by Crippen LogP contribution is 2.27. The Labute approximate surface area is 150 Å². The summed E-state index contributed by atoms with van der Waals surface area (Å²) in [5, 5.41) is 9.08. The molecule has 26 heavy (non-hydrogen) atoms. The number of anilines is 1. The summed E-state index contributed by atoms with van der Waals surface area (Å²) < 4.78 is 24.9. The van der Waals surface area contributed by atoms with Gasteiger partial charge < -0.3 is 14.6 Å². The maximum Gasteiger partial charge on any atom is 0.414 e. The van der Waals surface area contributed by atoms with Crippen molar-refractivity contribution in [3.05, 3.63) is 46.8 Å². The van der Waals surface area contributed by atoms with Gasteiger partial charge in [0, 0.05) is 6.07 Å². The Morgan fingerprint density at radius 3 is 2.65 bits per heavy atom. The van der Waals surface area contributed by atoms with Gasteiger partial charge in [-0.15, -0.1) is 0 Å². The molecule has 0 unspecified atom stereocenters. The largest absolute Gasteiger partial charge is 0.484 e. The Bertz CT molecular complexity index is 843. The molecule has 1 aliphatic heterocycles. The van der Waals surface area contributed by atoms with E-state index in [2.05, 4.69) is 9.97 Å². The van der Waals surface area contributed by atoms with E-state index in [4.69, 9.17) is 14.6 Å². The van der Waals surface area contributed by atoms with E-state index < -0.39 is 18.0 Å². The maximum atomic E-state index is 14.4. The van der Waals surface area contributed by atoms with E-state index in [9.17, 15) is 9.18 Å². The number of nitrogens with zero attached hydrogens (tertiary/aromatic N) is 3. The van der Waals surface area contributed by atoms with Gasteiger partial charge in [-0.05, 0) is 32.9 Å². The fraction of sp³-hybridized carbons (Fsp3) is 0.389. The molecule has 1 aliphatic rings. The van der Waals surface area contributed by atoms with Gasteiger partial charge in [-0.1, -0.05) is 0 Å². The molecule has 1 aromatic carbocycles. The van der Waals surface area contributed by atoms with Crippen LogP contribution in [0.15, 0.2) is 18.2 Å². The van der Waals surface area contributed by atoms with Gasteiger partial charge in [0.05, 0.1) is 41.6 Å². The minimum atomic E-state index is -0.613. The van der Waals surface area contributed by atoms with Crippen LogP contribution in [0.25, 0.3) is 0 Å². The maximum absolute atomic E-state index is 14.4. The molecule has 1 atom stereocenters. The summed E-state index contributed by atoms with van der Waals surface area (Å²) >= 11 is 0. The van der Waals surface area contributed by atoms with E-state index in [-0.39, 0.29) is 25.5 Å². The molecule has 0 aliphatic carbocycles. The van der Waals surface area contributed by atoms with Gasteiger partial charge in [0.25, 0.3) is 0 Å². The van der Waals surface area contributed by atoms with Crippen molar-refractivity contribution < 1.29 is 23.8 Å². The lowest BCUT2D eigenvalue weighted by Gasteiger charge is -2.15.